The summed E-state index contributed by atoms with van der Waals surface area (Å²) in [7, 11) is 0. The second kappa shape index (κ2) is 8.07. The van der Waals surface area contributed by atoms with Crippen LogP contribution in [0.5, 0.6) is 0 Å². The molecule has 0 bridgehead atoms. The second-order valence-corrected chi connectivity index (χ2v) is 6.15. The van der Waals surface area contributed by atoms with Gasteiger partial charge in [-0.25, -0.2) is 13.6 Å². The first-order valence-corrected chi connectivity index (χ1v) is 8.39. The van der Waals surface area contributed by atoms with Gasteiger partial charge in [0, 0.05) is 44.0 Å². The Hall–Kier alpha value is -2.47. The molecule has 2 aromatic rings. The van der Waals surface area contributed by atoms with Crippen LogP contribution in [0.1, 0.15) is 12.0 Å². The highest BCUT2D eigenvalue weighted by Gasteiger charge is 2.20. The average Bonchev–Trinajstić information content (AvgIpc) is 2.85. The molecule has 0 aromatic heterocycles. The van der Waals surface area contributed by atoms with Crippen LogP contribution in [0.4, 0.5) is 19.3 Å². The molecule has 1 N–H and O–H groups in total. The van der Waals surface area contributed by atoms with Crippen molar-refractivity contribution in [1.29, 1.82) is 0 Å². The van der Waals surface area contributed by atoms with Gasteiger partial charge in [-0.05, 0) is 36.8 Å². The van der Waals surface area contributed by atoms with Crippen LogP contribution >= 0.6 is 0 Å². The van der Waals surface area contributed by atoms with Crippen LogP contribution in [0.2, 0.25) is 0 Å². The lowest BCUT2D eigenvalue weighted by Gasteiger charge is -2.22. The van der Waals surface area contributed by atoms with Gasteiger partial charge in [-0.15, -0.1) is 0 Å². The van der Waals surface area contributed by atoms with Gasteiger partial charge in [0.15, 0.2) is 0 Å². The molecule has 6 heteroatoms. The van der Waals surface area contributed by atoms with Crippen LogP contribution < -0.4 is 5.32 Å². The van der Waals surface area contributed by atoms with Crippen molar-refractivity contribution in [3.8, 4) is 0 Å². The van der Waals surface area contributed by atoms with Gasteiger partial charge in [-0.1, -0.05) is 18.2 Å². The number of carbonyl (C=O) groups is 1. The van der Waals surface area contributed by atoms with E-state index in [1.165, 1.54) is 6.07 Å². The molecule has 1 heterocycles. The van der Waals surface area contributed by atoms with Crippen LogP contribution in [-0.4, -0.2) is 42.0 Å². The molecule has 2 aromatic carbocycles. The van der Waals surface area contributed by atoms with Crippen LogP contribution in [0.25, 0.3) is 0 Å². The molecule has 0 radical (unpaired) electrons. The molecule has 2 amide bonds. The van der Waals surface area contributed by atoms with Crippen molar-refractivity contribution in [2.24, 2.45) is 0 Å². The van der Waals surface area contributed by atoms with Crippen molar-refractivity contribution in [2.75, 3.05) is 31.5 Å². The number of hydrogen-bond donors (Lipinski definition) is 1. The highest BCUT2D eigenvalue weighted by Crippen LogP contribution is 2.15. The molecule has 1 aliphatic heterocycles. The number of rotatable bonds is 3. The molecule has 0 atom stereocenters. The second-order valence-electron chi connectivity index (χ2n) is 6.15. The first-order valence-electron chi connectivity index (χ1n) is 8.39. The van der Waals surface area contributed by atoms with Gasteiger partial charge in [-0.3, -0.25) is 4.90 Å². The Kier molecular flexibility index (Phi) is 5.60. The number of nitrogens with zero attached hydrogens (tertiary/aromatic N) is 2. The fraction of sp³-hybridized carbons (Fsp3) is 0.316. The van der Waals surface area contributed by atoms with E-state index in [2.05, 4.69) is 5.32 Å². The minimum atomic E-state index is -0.435. The molecule has 0 spiro atoms. The first kappa shape index (κ1) is 17.4. The van der Waals surface area contributed by atoms with E-state index in [1.54, 1.807) is 4.90 Å². The summed E-state index contributed by atoms with van der Waals surface area (Å²) in [6.07, 6.45) is 0.791. The summed E-state index contributed by atoms with van der Waals surface area (Å²) < 4.78 is 27.1. The number of amides is 2. The molecule has 1 aliphatic rings. The van der Waals surface area contributed by atoms with Crippen molar-refractivity contribution < 1.29 is 13.6 Å². The molecule has 0 aliphatic carbocycles. The zero-order valence-electron chi connectivity index (χ0n) is 13.9. The van der Waals surface area contributed by atoms with E-state index in [4.69, 9.17) is 0 Å². The highest BCUT2D eigenvalue weighted by atomic mass is 19.1. The fourth-order valence-electron chi connectivity index (χ4n) is 2.96. The number of anilines is 1. The van der Waals surface area contributed by atoms with E-state index in [9.17, 15) is 13.6 Å². The van der Waals surface area contributed by atoms with Crippen molar-refractivity contribution in [3.63, 3.8) is 0 Å². The predicted octanol–water partition coefficient (Wildman–Crippen LogP) is 3.70. The Morgan fingerprint density at radius 2 is 1.80 bits per heavy atom. The van der Waals surface area contributed by atoms with Crippen LogP contribution in [0.3, 0.4) is 0 Å². The molecule has 4 nitrogen and oxygen atoms in total. The molecular formula is C19H21F2N3O. The Morgan fingerprint density at radius 1 is 1.00 bits per heavy atom. The Labute approximate surface area is 146 Å². The number of carbonyl (C=O) groups excluding carboxylic acids is 1. The third-order valence-electron chi connectivity index (χ3n) is 4.30. The van der Waals surface area contributed by atoms with Crippen molar-refractivity contribution in [3.05, 3.63) is 65.7 Å². The number of hydrogen-bond acceptors (Lipinski definition) is 2. The smallest absolute Gasteiger partial charge is 0.321 e. The van der Waals surface area contributed by atoms with Gasteiger partial charge >= 0.3 is 6.03 Å². The van der Waals surface area contributed by atoms with Crippen molar-refractivity contribution in [2.45, 2.75) is 13.0 Å². The lowest BCUT2D eigenvalue weighted by atomic mass is 10.2. The van der Waals surface area contributed by atoms with E-state index in [-0.39, 0.29) is 6.03 Å². The van der Waals surface area contributed by atoms with Crippen molar-refractivity contribution in [1.82, 2.24) is 9.80 Å². The molecule has 0 saturated carbocycles. The van der Waals surface area contributed by atoms with Gasteiger partial charge in [0.2, 0.25) is 0 Å². The molecule has 3 rings (SSSR count). The zero-order valence-corrected chi connectivity index (χ0v) is 13.9. The Bertz CT molecular complexity index is 724. The number of nitrogens with one attached hydrogen (secondary N) is 1. The van der Waals surface area contributed by atoms with Gasteiger partial charge in [0.1, 0.15) is 11.6 Å². The molecule has 25 heavy (non-hydrogen) atoms. The summed E-state index contributed by atoms with van der Waals surface area (Å²) in [6.45, 7) is 2.90. The molecule has 1 fully saturated rings. The van der Waals surface area contributed by atoms with E-state index in [1.807, 2.05) is 35.2 Å². The number of benzene rings is 2. The minimum Gasteiger partial charge on any atom is -0.323 e. The lowest BCUT2D eigenvalue weighted by Crippen LogP contribution is -2.38. The van der Waals surface area contributed by atoms with Gasteiger partial charge < -0.3 is 10.2 Å². The van der Waals surface area contributed by atoms with Crippen LogP contribution in [0, 0.1) is 11.6 Å². The van der Waals surface area contributed by atoms with E-state index >= 15 is 0 Å². The third-order valence-corrected chi connectivity index (χ3v) is 4.30. The lowest BCUT2D eigenvalue weighted by molar-refractivity contribution is 0.210. The maximum absolute atomic E-state index is 13.8. The first-order chi connectivity index (χ1) is 12.1. The third kappa shape index (κ3) is 4.76. The molecule has 0 unspecified atom stereocenters. The molecule has 132 valence electrons. The zero-order chi connectivity index (χ0) is 17.6. The minimum absolute atomic E-state index is 0.134. The van der Waals surface area contributed by atoms with E-state index in [0.29, 0.717) is 31.7 Å². The van der Waals surface area contributed by atoms with Gasteiger partial charge in [0.05, 0.1) is 0 Å². The van der Waals surface area contributed by atoms with Crippen LogP contribution in [0.15, 0.2) is 48.5 Å². The quantitative estimate of drug-likeness (QED) is 0.921. The number of urea groups is 1. The monoisotopic (exact) mass is 345 g/mol. The Balaban J connectivity index is 1.57. The number of halogens is 2. The summed E-state index contributed by atoms with van der Waals surface area (Å²) >= 11 is 0. The summed E-state index contributed by atoms with van der Waals surface area (Å²) in [5.41, 5.74) is 1.11. The largest absolute Gasteiger partial charge is 0.323 e. The summed E-state index contributed by atoms with van der Waals surface area (Å²) in [5, 5.41) is 2.88. The summed E-state index contributed by atoms with van der Waals surface area (Å²) in [4.78, 5) is 16.2. The average molecular weight is 345 g/mol. The normalized spacial score (nSPS) is 15.7. The van der Waals surface area contributed by atoms with E-state index in [0.717, 1.165) is 30.8 Å². The Morgan fingerprint density at radius 3 is 2.60 bits per heavy atom. The topological polar surface area (TPSA) is 35.6 Å². The van der Waals surface area contributed by atoms with Gasteiger partial charge in [-0.2, -0.15) is 0 Å². The standard InChI is InChI=1S/C19H21F2N3O/c20-16-7-8-18(21)15(13-16)14-23-9-4-10-24(12-11-23)19(25)22-17-5-2-1-3-6-17/h1-3,5-8,13H,4,9-12,14H2,(H,22,25). The van der Waals surface area contributed by atoms with Crippen molar-refractivity contribution >= 4 is 11.7 Å². The SMILES string of the molecule is O=C(Nc1ccccc1)N1CCCN(Cc2cc(F)ccc2F)CC1. The maximum Gasteiger partial charge on any atom is 0.321 e. The predicted molar refractivity (Wildman–Crippen MR) is 93.3 cm³/mol. The van der Waals surface area contributed by atoms with Crippen LogP contribution in [-0.2, 0) is 6.54 Å². The fourth-order valence-corrected chi connectivity index (χ4v) is 2.96. The molecule has 1 saturated heterocycles. The van der Waals surface area contributed by atoms with E-state index < -0.39 is 11.6 Å². The highest BCUT2D eigenvalue weighted by molar-refractivity contribution is 5.89. The summed E-state index contributed by atoms with van der Waals surface area (Å²) in [6, 6.07) is 12.7. The summed E-state index contributed by atoms with van der Waals surface area (Å²) in [5.74, 6) is -0.834. The molecular weight excluding hydrogens is 324 g/mol. The van der Waals surface area contributed by atoms with Gasteiger partial charge in [0.25, 0.3) is 0 Å². The number of para-hydroxylation sites is 1. The maximum atomic E-state index is 13.8.